The predicted octanol–water partition coefficient (Wildman–Crippen LogP) is 6.09. The first kappa shape index (κ1) is 21.9. The SMILES string of the molecule is CCOC(=O)CCc1ccc(-c2noc(-c3ccc(OC(C)C)c(Cl)c3)n2)c2ccoc12. The van der Waals surface area contributed by atoms with Gasteiger partial charge >= 0.3 is 5.97 Å². The highest BCUT2D eigenvalue weighted by atomic mass is 35.5. The lowest BCUT2D eigenvalue weighted by molar-refractivity contribution is -0.143. The quantitative estimate of drug-likeness (QED) is 0.298. The van der Waals surface area contributed by atoms with Crippen molar-refractivity contribution in [1.29, 1.82) is 0 Å². The number of hydrogen-bond donors (Lipinski definition) is 0. The van der Waals surface area contributed by atoms with E-state index < -0.39 is 0 Å². The number of halogens is 1. The molecule has 0 aliphatic rings. The van der Waals surface area contributed by atoms with Gasteiger partial charge in [-0.15, -0.1) is 0 Å². The van der Waals surface area contributed by atoms with Gasteiger partial charge in [0.2, 0.25) is 5.82 Å². The van der Waals surface area contributed by atoms with Crippen LogP contribution >= 0.6 is 11.6 Å². The summed E-state index contributed by atoms with van der Waals surface area (Å²) >= 11 is 6.34. The van der Waals surface area contributed by atoms with Gasteiger partial charge in [-0.05, 0) is 63.1 Å². The molecule has 0 unspecified atom stereocenters. The Morgan fingerprint density at radius 3 is 2.78 bits per heavy atom. The predicted molar refractivity (Wildman–Crippen MR) is 121 cm³/mol. The number of nitrogens with zero attached hydrogens (tertiary/aromatic N) is 2. The lowest BCUT2D eigenvalue weighted by Gasteiger charge is -2.11. The van der Waals surface area contributed by atoms with E-state index in [2.05, 4.69) is 10.1 Å². The van der Waals surface area contributed by atoms with Crippen LogP contribution in [0.1, 0.15) is 32.8 Å². The van der Waals surface area contributed by atoms with Crippen molar-refractivity contribution in [2.45, 2.75) is 39.7 Å². The minimum atomic E-state index is -0.234. The van der Waals surface area contributed by atoms with Crippen LogP contribution in [0.3, 0.4) is 0 Å². The molecule has 0 fully saturated rings. The van der Waals surface area contributed by atoms with Crippen molar-refractivity contribution in [3.05, 3.63) is 53.2 Å². The van der Waals surface area contributed by atoms with E-state index in [9.17, 15) is 4.79 Å². The van der Waals surface area contributed by atoms with Gasteiger partial charge in [-0.2, -0.15) is 4.98 Å². The highest BCUT2D eigenvalue weighted by Crippen LogP contribution is 2.34. The van der Waals surface area contributed by atoms with Gasteiger partial charge < -0.3 is 18.4 Å². The van der Waals surface area contributed by atoms with Crippen molar-refractivity contribution >= 4 is 28.5 Å². The molecule has 0 aliphatic heterocycles. The van der Waals surface area contributed by atoms with E-state index in [0.29, 0.717) is 46.7 Å². The number of carbonyl (C=O) groups is 1. The zero-order valence-corrected chi connectivity index (χ0v) is 18.8. The number of aromatic nitrogens is 2. The highest BCUT2D eigenvalue weighted by Gasteiger charge is 2.18. The molecular formula is C24H23ClN2O5. The number of hydrogen-bond acceptors (Lipinski definition) is 7. The Hall–Kier alpha value is -3.32. The average molecular weight is 455 g/mol. The number of ether oxygens (including phenoxy) is 2. The molecule has 8 heteroatoms. The largest absolute Gasteiger partial charge is 0.489 e. The number of benzene rings is 2. The van der Waals surface area contributed by atoms with Gasteiger partial charge in [0.1, 0.15) is 11.3 Å². The zero-order chi connectivity index (χ0) is 22.7. The first-order valence-corrected chi connectivity index (χ1v) is 10.8. The smallest absolute Gasteiger partial charge is 0.306 e. The summed E-state index contributed by atoms with van der Waals surface area (Å²) in [4.78, 5) is 16.3. The van der Waals surface area contributed by atoms with Crippen LogP contribution in [0.2, 0.25) is 5.02 Å². The summed E-state index contributed by atoms with van der Waals surface area (Å²) in [6, 6.07) is 11.0. The normalized spacial score (nSPS) is 11.3. The van der Waals surface area contributed by atoms with Crippen LogP contribution in [0.15, 0.2) is 51.6 Å². The Kier molecular flexibility index (Phi) is 6.46. The highest BCUT2D eigenvalue weighted by molar-refractivity contribution is 6.32. The van der Waals surface area contributed by atoms with E-state index in [1.807, 2.05) is 38.1 Å². The van der Waals surface area contributed by atoms with Crippen molar-refractivity contribution < 1.29 is 23.2 Å². The van der Waals surface area contributed by atoms with Crippen LogP contribution in [0.25, 0.3) is 33.8 Å². The molecule has 2 heterocycles. The Morgan fingerprint density at radius 1 is 1.19 bits per heavy atom. The molecule has 166 valence electrons. The molecule has 0 saturated heterocycles. The fourth-order valence-corrected chi connectivity index (χ4v) is 3.64. The molecule has 0 amide bonds. The topological polar surface area (TPSA) is 87.6 Å². The minimum Gasteiger partial charge on any atom is -0.489 e. The summed E-state index contributed by atoms with van der Waals surface area (Å²) < 4.78 is 21.9. The number of aryl methyl sites for hydroxylation is 1. The summed E-state index contributed by atoms with van der Waals surface area (Å²) in [6.45, 7) is 6.03. The van der Waals surface area contributed by atoms with Gasteiger partial charge in [-0.1, -0.05) is 22.8 Å². The summed E-state index contributed by atoms with van der Waals surface area (Å²) in [5.74, 6) is 1.15. The van der Waals surface area contributed by atoms with E-state index in [0.717, 1.165) is 16.5 Å². The molecular weight excluding hydrogens is 432 g/mol. The van der Waals surface area contributed by atoms with Gasteiger partial charge in [-0.3, -0.25) is 4.79 Å². The molecule has 2 aromatic carbocycles. The van der Waals surface area contributed by atoms with Crippen LogP contribution in [0.5, 0.6) is 5.75 Å². The summed E-state index contributed by atoms with van der Waals surface area (Å²) in [5.41, 5.74) is 3.07. The van der Waals surface area contributed by atoms with Gasteiger partial charge in [0.05, 0.1) is 24.0 Å². The van der Waals surface area contributed by atoms with Crippen LogP contribution < -0.4 is 4.74 Å². The zero-order valence-electron chi connectivity index (χ0n) is 18.1. The molecule has 32 heavy (non-hydrogen) atoms. The van der Waals surface area contributed by atoms with Crippen LogP contribution in [0.4, 0.5) is 0 Å². The monoisotopic (exact) mass is 454 g/mol. The molecule has 4 aromatic rings. The molecule has 0 atom stereocenters. The van der Waals surface area contributed by atoms with Crippen molar-refractivity contribution in [1.82, 2.24) is 10.1 Å². The number of esters is 1. The Labute approximate surface area is 190 Å². The number of fused-ring (bicyclic) bond motifs is 1. The first-order chi connectivity index (χ1) is 15.5. The third-order valence-electron chi connectivity index (χ3n) is 4.81. The second-order valence-corrected chi connectivity index (χ2v) is 7.88. The molecule has 0 aliphatic carbocycles. The molecule has 0 saturated carbocycles. The van der Waals surface area contributed by atoms with Crippen molar-refractivity contribution in [3.63, 3.8) is 0 Å². The lowest BCUT2D eigenvalue weighted by Crippen LogP contribution is -2.05. The first-order valence-electron chi connectivity index (χ1n) is 10.4. The van der Waals surface area contributed by atoms with Gasteiger partial charge in [0.15, 0.2) is 0 Å². The molecule has 0 spiro atoms. The standard InChI is InChI=1S/C24H23ClN2O5/c1-4-29-21(28)10-7-15-5-8-18(17-11-12-30-22(15)17)23-26-24(32-27-23)16-6-9-20(19(25)13-16)31-14(2)3/h5-6,8-9,11-14H,4,7,10H2,1-3H3. The molecule has 0 radical (unpaired) electrons. The minimum absolute atomic E-state index is 0.0194. The molecule has 7 nitrogen and oxygen atoms in total. The maximum absolute atomic E-state index is 11.7. The van der Waals surface area contributed by atoms with Crippen LogP contribution in [-0.2, 0) is 16.0 Å². The Bertz CT molecular complexity index is 1240. The Morgan fingerprint density at radius 2 is 2.03 bits per heavy atom. The lowest BCUT2D eigenvalue weighted by atomic mass is 10.0. The van der Waals surface area contributed by atoms with Crippen molar-refractivity contribution in [2.24, 2.45) is 0 Å². The molecule has 4 rings (SSSR count). The molecule has 0 N–H and O–H groups in total. The number of furan rings is 1. The summed E-state index contributed by atoms with van der Waals surface area (Å²) in [7, 11) is 0. The van der Waals surface area contributed by atoms with Crippen molar-refractivity contribution in [2.75, 3.05) is 6.61 Å². The maximum atomic E-state index is 11.7. The summed E-state index contributed by atoms with van der Waals surface area (Å²) in [6.07, 6.45) is 2.43. The van der Waals surface area contributed by atoms with E-state index in [4.69, 9.17) is 30.0 Å². The fraction of sp³-hybridized carbons (Fsp3) is 0.292. The van der Waals surface area contributed by atoms with Crippen LogP contribution in [0, 0.1) is 0 Å². The number of carbonyl (C=O) groups excluding carboxylic acids is 1. The maximum Gasteiger partial charge on any atom is 0.306 e. The average Bonchev–Trinajstić information content (AvgIpc) is 3.43. The molecule has 2 aromatic heterocycles. The second-order valence-electron chi connectivity index (χ2n) is 7.48. The van der Waals surface area contributed by atoms with Gasteiger partial charge in [0, 0.05) is 22.9 Å². The van der Waals surface area contributed by atoms with Crippen molar-refractivity contribution in [3.8, 4) is 28.6 Å². The summed E-state index contributed by atoms with van der Waals surface area (Å²) in [5, 5.41) is 5.46. The third-order valence-corrected chi connectivity index (χ3v) is 5.11. The fourth-order valence-electron chi connectivity index (χ4n) is 3.41. The van der Waals surface area contributed by atoms with E-state index in [1.165, 1.54) is 0 Å². The van der Waals surface area contributed by atoms with Gasteiger partial charge in [0.25, 0.3) is 5.89 Å². The third kappa shape index (κ3) is 4.62. The van der Waals surface area contributed by atoms with Crippen LogP contribution in [-0.4, -0.2) is 28.8 Å². The molecule has 0 bridgehead atoms. The van der Waals surface area contributed by atoms with E-state index in [1.54, 1.807) is 25.3 Å². The van der Waals surface area contributed by atoms with Gasteiger partial charge in [-0.25, -0.2) is 0 Å². The Balaban J connectivity index is 1.60. The van der Waals surface area contributed by atoms with E-state index >= 15 is 0 Å². The number of rotatable bonds is 8. The second kappa shape index (κ2) is 9.44. The van der Waals surface area contributed by atoms with E-state index in [-0.39, 0.29) is 18.5 Å².